The van der Waals surface area contributed by atoms with Gasteiger partial charge in [-0.05, 0) is 55.8 Å². The van der Waals surface area contributed by atoms with Gasteiger partial charge in [-0.15, -0.1) is 15.3 Å². The zero-order valence-electron chi connectivity index (χ0n) is 15.3. The van der Waals surface area contributed by atoms with Crippen molar-refractivity contribution in [2.45, 2.75) is 46.2 Å². The van der Waals surface area contributed by atoms with E-state index in [0.29, 0.717) is 5.82 Å². The molecule has 1 unspecified atom stereocenters. The first-order valence-electron chi connectivity index (χ1n) is 8.48. The molecule has 0 aliphatic heterocycles. The van der Waals surface area contributed by atoms with E-state index < -0.39 is 0 Å². The molecule has 0 radical (unpaired) electrons. The van der Waals surface area contributed by atoms with E-state index in [2.05, 4.69) is 44.9 Å². The van der Waals surface area contributed by atoms with Crippen LogP contribution in [0, 0.1) is 6.92 Å². The number of tetrazole rings is 1. The summed E-state index contributed by atoms with van der Waals surface area (Å²) in [6.45, 7) is 7.84. The summed E-state index contributed by atoms with van der Waals surface area (Å²) in [6, 6.07) is 7.61. The van der Waals surface area contributed by atoms with Crippen LogP contribution in [0.4, 0.5) is 0 Å². The van der Waals surface area contributed by atoms with Gasteiger partial charge in [-0.25, -0.2) is 0 Å². The third-order valence-corrected chi connectivity index (χ3v) is 4.09. The SMILES string of the molecule is Cc1nnnn1-c1ccc(CC(=O)NC(C)c2nncn2C(C)C)cc1. The fourth-order valence-corrected chi connectivity index (χ4v) is 2.73. The predicted molar refractivity (Wildman–Crippen MR) is 94.6 cm³/mol. The van der Waals surface area contributed by atoms with E-state index >= 15 is 0 Å². The minimum Gasteiger partial charge on any atom is -0.346 e. The molecular formula is C17H22N8O. The van der Waals surface area contributed by atoms with Crippen molar-refractivity contribution >= 4 is 5.91 Å². The van der Waals surface area contributed by atoms with Crippen LogP contribution in [0.15, 0.2) is 30.6 Å². The molecule has 2 aromatic heterocycles. The number of hydrogen-bond acceptors (Lipinski definition) is 6. The molecule has 0 aliphatic rings. The number of nitrogens with zero attached hydrogens (tertiary/aromatic N) is 7. The standard InChI is InChI=1S/C17H22N8O/c1-11(2)24-10-18-21-17(24)12(3)19-16(26)9-14-5-7-15(8-6-14)25-13(4)20-22-23-25/h5-8,10-12H,9H2,1-4H3,(H,19,26). The minimum absolute atomic E-state index is 0.0674. The second-order valence-corrected chi connectivity index (χ2v) is 6.46. The summed E-state index contributed by atoms with van der Waals surface area (Å²) in [6.07, 6.45) is 1.97. The van der Waals surface area contributed by atoms with Gasteiger partial charge in [0.15, 0.2) is 11.6 Å². The molecule has 9 nitrogen and oxygen atoms in total. The molecule has 2 heterocycles. The molecule has 0 saturated heterocycles. The Kier molecular flexibility index (Phi) is 5.06. The third-order valence-electron chi connectivity index (χ3n) is 4.09. The van der Waals surface area contributed by atoms with Crippen LogP contribution in [0.25, 0.3) is 5.69 Å². The molecule has 9 heteroatoms. The van der Waals surface area contributed by atoms with Gasteiger partial charge in [-0.1, -0.05) is 12.1 Å². The fourth-order valence-electron chi connectivity index (χ4n) is 2.73. The van der Waals surface area contributed by atoms with Gasteiger partial charge >= 0.3 is 0 Å². The summed E-state index contributed by atoms with van der Waals surface area (Å²) >= 11 is 0. The summed E-state index contributed by atoms with van der Waals surface area (Å²) in [5.74, 6) is 1.39. The predicted octanol–water partition coefficient (Wildman–Crippen LogP) is 1.56. The van der Waals surface area contributed by atoms with Crippen LogP contribution in [0.5, 0.6) is 0 Å². The molecule has 0 fully saturated rings. The Labute approximate surface area is 151 Å². The van der Waals surface area contributed by atoms with Gasteiger partial charge in [0.05, 0.1) is 18.2 Å². The van der Waals surface area contributed by atoms with Gasteiger partial charge in [-0.2, -0.15) is 4.68 Å². The Hall–Kier alpha value is -3.10. The molecule has 1 N–H and O–H groups in total. The Morgan fingerprint density at radius 1 is 1.15 bits per heavy atom. The van der Waals surface area contributed by atoms with E-state index in [1.807, 2.05) is 42.7 Å². The van der Waals surface area contributed by atoms with Crippen molar-refractivity contribution in [3.05, 3.63) is 47.8 Å². The zero-order chi connectivity index (χ0) is 18.7. The quantitative estimate of drug-likeness (QED) is 0.720. The number of carbonyl (C=O) groups is 1. The molecule has 0 aliphatic carbocycles. The Morgan fingerprint density at radius 2 is 1.88 bits per heavy atom. The van der Waals surface area contributed by atoms with Gasteiger partial charge < -0.3 is 9.88 Å². The number of carbonyl (C=O) groups excluding carboxylic acids is 1. The lowest BCUT2D eigenvalue weighted by Gasteiger charge is -2.17. The second kappa shape index (κ2) is 7.42. The lowest BCUT2D eigenvalue weighted by Crippen LogP contribution is -2.30. The highest BCUT2D eigenvalue weighted by Crippen LogP contribution is 2.15. The largest absolute Gasteiger partial charge is 0.346 e. The maximum atomic E-state index is 12.4. The van der Waals surface area contributed by atoms with Crippen LogP contribution in [-0.2, 0) is 11.2 Å². The lowest BCUT2D eigenvalue weighted by atomic mass is 10.1. The second-order valence-electron chi connectivity index (χ2n) is 6.46. The van der Waals surface area contributed by atoms with Gasteiger partial charge in [0, 0.05) is 6.04 Å². The first kappa shape index (κ1) is 17.7. The smallest absolute Gasteiger partial charge is 0.224 e. The first-order chi connectivity index (χ1) is 12.5. The van der Waals surface area contributed by atoms with Gasteiger partial charge in [0.25, 0.3) is 0 Å². The maximum Gasteiger partial charge on any atom is 0.224 e. The summed E-state index contributed by atoms with van der Waals surface area (Å²) < 4.78 is 3.60. The third kappa shape index (κ3) is 3.76. The molecule has 3 rings (SSSR count). The van der Waals surface area contributed by atoms with E-state index in [1.165, 1.54) is 0 Å². The molecule has 1 aromatic carbocycles. The minimum atomic E-state index is -0.212. The fraction of sp³-hybridized carbons (Fsp3) is 0.412. The van der Waals surface area contributed by atoms with E-state index in [0.717, 1.165) is 17.1 Å². The molecule has 3 aromatic rings. The van der Waals surface area contributed by atoms with Gasteiger partial charge in [0.1, 0.15) is 6.33 Å². The summed E-state index contributed by atoms with van der Waals surface area (Å²) in [5.41, 5.74) is 1.77. The van der Waals surface area contributed by atoms with Crippen LogP contribution in [0.1, 0.15) is 50.1 Å². The van der Waals surface area contributed by atoms with Crippen LogP contribution in [0.3, 0.4) is 0 Å². The van der Waals surface area contributed by atoms with Crippen molar-refractivity contribution in [2.24, 2.45) is 0 Å². The molecule has 0 spiro atoms. The Bertz CT molecular complexity index is 880. The molecule has 136 valence electrons. The van der Waals surface area contributed by atoms with Crippen LogP contribution in [0.2, 0.25) is 0 Å². The van der Waals surface area contributed by atoms with E-state index in [4.69, 9.17) is 0 Å². The highest BCUT2D eigenvalue weighted by Gasteiger charge is 2.17. The average Bonchev–Trinajstić information content (AvgIpc) is 3.24. The number of aryl methyl sites for hydroxylation is 1. The summed E-state index contributed by atoms with van der Waals surface area (Å²) in [5, 5.41) is 22.5. The highest BCUT2D eigenvalue weighted by molar-refractivity contribution is 5.78. The van der Waals surface area contributed by atoms with E-state index in [9.17, 15) is 4.79 Å². The molecule has 1 atom stereocenters. The number of hydrogen-bond donors (Lipinski definition) is 1. The average molecular weight is 354 g/mol. The van der Waals surface area contributed by atoms with Gasteiger partial charge in [0.2, 0.25) is 5.91 Å². The van der Waals surface area contributed by atoms with Crippen molar-refractivity contribution in [3.8, 4) is 5.69 Å². The number of benzene rings is 1. The molecular weight excluding hydrogens is 332 g/mol. The Balaban J connectivity index is 1.63. The monoisotopic (exact) mass is 354 g/mol. The van der Waals surface area contributed by atoms with E-state index in [1.54, 1.807) is 11.0 Å². The summed E-state index contributed by atoms with van der Waals surface area (Å²) in [4.78, 5) is 12.4. The van der Waals surface area contributed by atoms with Crippen molar-refractivity contribution < 1.29 is 4.79 Å². The van der Waals surface area contributed by atoms with E-state index in [-0.39, 0.29) is 24.4 Å². The lowest BCUT2D eigenvalue weighted by molar-refractivity contribution is -0.121. The number of aromatic nitrogens is 7. The number of rotatable bonds is 6. The normalized spacial score (nSPS) is 12.3. The van der Waals surface area contributed by atoms with Crippen molar-refractivity contribution in [2.75, 3.05) is 0 Å². The summed E-state index contributed by atoms with van der Waals surface area (Å²) in [7, 11) is 0. The van der Waals surface area contributed by atoms with Crippen molar-refractivity contribution in [3.63, 3.8) is 0 Å². The first-order valence-corrected chi connectivity index (χ1v) is 8.48. The molecule has 1 amide bonds. The number of nitrogens with one attached hydrogen (secondary N) is 1. The highest BCUT2D eigenvalue weighted by atomic mass is 16.1. The van der Waals surface area contributed by atoms with Crippen LogP contribution >= 0.6 is 0 Å². The van der Waals surface area contributed by atoms with Gasteiger partial charge in [-0.3, -0.25) is 4.79 Å². The molecule has 0 saturated carbocycles. The van der Waals surface area contributed by atoms with Crippen LogP contribution in [-0.4, -0.2) is 40.9 Å². The van der Waals surface area contributed by atoms with Crippen molar-refractivity contribution in [1.82, 2.24) is 40.3 Å². The maximum absolute atomic E-state index is 12.4. The van der Waals surface area contributed by atoms with Crippen molar-refractivity contribution in [1.29, 1.82) is 0 Å². The molecule has 26 heavy (non-hydrogen) atoms. The topological polar surface area (TPSA) is 103 Å². The zero-order valence-corrected chi connectivity index (χ0v) is 15.3. The van der Waals surface area contributed by atoms with Crippen LogP contribution < -0.4 is 5.32 Å². The molecule has 0 bridgehead atoms. The number of amides is 1. The Morgan fingerprint density at radius 3 is 2.50 bits per heavy atom.